The van der Waals surface area contributed by atoms with Crippen molar-refractivity contribution in [3.05, 3.63) is 64.4 Å². The van der Waals surface area contributed by atoms with Gasteiger partial charge in [-0.1, -0.05) is 0 Å². The quantitative estimate of drug-likeness (QED) is 0.467. The van der Waals surface area contributed by atoms with E-state index >= 15 is 0 Å². The van der Waals surface area contributed by atoms with Crippen LogP contribution in [-0.4, -0.2) is 59.2 Å². The average molecular weight is 409 g/mol. The van der Waals surface area contributed by atoms with Crippen LogP contribution in [0.2, 0.25) is 0 Å². The molecule has 0 saturated carbocycles. The number of benzene rings is 1. The van der Waals surface area contributed by atoms with Gasteiger partial charge in [0, 0.05) is 31.7 Å². The molecule has 0 spiro atoms. The number of ether oxygens (including phenoxy) is 1. The molecule has 1 aromatic carbocycles. The molecule has 0 N–H and O–H groups in total. The zero-order chi connectivity index (χ0) is 21.1. The Bertz CT molecular complexity index is 1040. The lowest BCUT2D eigenvalue weighted by atomic mass is 10.1. The Kier molecular flexibility index (Phi) is 5.29. The molecular weight excluding hydrogens is 390 g/mol. The number of hydrogen-bond donors (Lipinski definition) is 0. The van der Waals surface area contributed by atoms with E-state index < -0.39 is 10.8 Å². The normalized spacial score (nSPS) is 13.9. The van der Waals surface area contributed by atoms with Crippen molar-refractivity contribution in [3.63, 3.8) is 0 Å². The fourth-order valence-corrected chi connectivity index (χ4v) is 3.24. The molecule has 10 heteroatoms. The number of aromatic nitrogens is 2. The van der Waals surface area contributed by atoms with Crippen LogP contribution in [0.5, 0.6) is 5.75 Å². The number of amides is 1. The number of nitro groups is 1. The van der Waals surface area contributed by atoms with E-state index in [0.717, 1.165) is 22.8 Å². The Morgan fingerprint density at radius 2 is 1.77 bits per heavy atom. The lowest BCUT2D eigenvalue weighted by Gasteiger charge is -2.34. The van der Waals surface area contributed by atoms with E-state index in [9.17, 15) is 14.9 Å². The Morgan fingerprint density at radius 3 is 2.33 bits per heavy atom. The third kappa shape index (κ3) is 3.93. The van der Waals surface area contributed by atoms with E-state index in [1.807, 2.05) is 41.3 Å². The summed E-state index contributed by atoms with van der Waals surface area (Å²) in [5.41, 5.74) is 1.70. The zero-order valence-electron chi connectivity index (χ0n) is 16.2. The summed E-state index contributed by atoms with van der Waals surface area (Å²) in [5.74, 6) is 0.680. The summed E-state index contributed by atoms with van der Waals surface area (Å²) < 4.78 is 10.2. The third-order valence-corrected chi connectivity index (χ3v) is 4.91. The number of rotatable bonds is 5. The Labute approximate surface area is 171 Å². The van der Waals surface area contributed by atoms with Crippen LogP contribution >= 0.6 is 0 Å². The fourth-order valence-electron chi connectivity index (χ4n) is 3.24. The molecule has 3 aromatic rings. The van der Waals surface area contributed by atoms with Crippen LogP contribution in [0.3, 0.4) is 0 Å². The maximum atomic E-state index is 12.5. The van der Waals surface area contributed by atoms with Crippen molar-refractivity contribution in [2.24, 2.45) is 0 Å². The number of carbonyl (C=O) groups is 1. The van der Waals surface area contributed by atoms with Crippen molar-refractivity contribution in [1.82, 2.24) is 15.1 Å². The highest BCUT2D eigenvalue weighted by Crippen LogP contribution is 2.23. The highest BCUT2D eigenvalue weighted by molar-refractivity contribution is 5.92. The number of carbonyl (C=O) groups excluding carboxylic acids is 1. The van der Waals surface area contributed by atoms with Crippen LogP contribution in [0.4, 0.5) is 11.7 Å². The monoisotopic (exact) mass is 409 g/mol. The molecule has 1 aliphatic rings. The van der Waals surface area contributed by atoms with Crippen molar-refractivity contribution in [2.45, 2.75) is 0 Å². The largest absolute Gasteiger partial charge is 0.497 e. The Balaban J connectivity index is 1.37. The topological polar surface area (TPSA) is 115 Å². The minimum absolute atomic E-state index is 0.0289. The first-order valence-corrected chi connectivity index (χ1v) is 9.32. The van der Waals surface area contributed by atoms with Crippen molar-refractivity contribution < 1.29 is 18.9 Å². The van der Waals surface area contributed by atoms with Crippen LogP contribution in [0, 0.1) is 10.1 Å². The van der Waals surface area contributed by atoms with E-state index in [-0.39, 0.29) is 11.7 Å². The smallest absolute Gasteiger partial charge is 0.433 e. The van der Waals surface area contributed by atoms with Crippen LogP contribution < -0.4 is 9.64 Å². The Morgan fingerprint density at radius 1 is 1.03 bits per heavy atom. The van der Waals surface area contributed by atoms with Crippen molar-refractivity contribution >= 4 is 17.6 Å². The first kappa shape index (κ1) is 19.4. The van der Waals surface area contributed by atoms with Crippen LogP contribution in [-0.2, 0) is 0 Å². The molecule has 1 amide bonds. The van der Waals surface area contributed by atoms with E-state index in [4.69, 9.17) is 9.15 Å². The van der Waals surface area contributed by atoms with Gasteiger partial charge in [0.2, 0.25) is 0 Å². The summed E-state index contributed by atoms with van der Waals surface area (Å²) in [5, 5.41) is 19.3. The van der Waals surface area contributed by atoms with Gasteiger partial charge in [0.1, 0.15) is 10.7 Å². The Hall–Kier alpha value is -3.95. The summed E-state index contributed by atoms with van der Waals surface area (Å²) in [7, 11) is 1.62. The van der Waals surface area contributed by atoms with Gasteiger partial charge in [0.25, 0.3) is 5.91 Å². The molecule has 0 aliphatic carbocycles. The molecular formula is C20H19N5O5. The predicted molar refractivity (Wildman–Crippen MR) is 107 cm³/mol. The van der Waals surface area contributed by atoms with Gasteiger partial charge in [-0.3, -0.25) is 14.9 Å². The molecule has 3 heterocycles. The van der Waals surface area contributed by atoms with Crippen molar-refractivity contribution in [1.29, 1.82) is 0 Å². The van der Waals surface area contributed by atoms with E-state index in [0.29, 0.717) is 26.2 Å². The molecule has 0 radical (unpaired) electrons. The molecule has 0 atom stereocenters. The molecule has 30 heavy (non-hydrogen) atoms. The SMILES string of the molecule is COc1ccc(-c2ccc(N3CCN(C(=O)c4ccc([N+](=O)[O-])o4)CC3)nn2)cc1. The van der Waals surface area contributed by atoms with Crippen molar-refractivity contribution in [3.8, 4) is 17.0 Å². The molecule has 154 valence electrons. The van der Waals surface area contributed by atoms with Crippen LogP contribution in [0.25, 0.3) is 11.3 Å². The molecule has 10 nitrogen and oxygen atoms in total. The highest BCUT2D eigenvalue weighted by atomic mass is 16.6. The summed E-state index contributed by atoms with van der Waals surface area (Å²) in [6.07, 6.45) is 0. The number of nitrogens with zero attached hydrogens (tertiary/aromatic N) is 5. The highest BCUT2D eigenvalue weighted by Gasteiger charge is 2.26. The van der Waals surface area contributed by atoms with Crippen LogP contribution in [0.15, 0.2) is 52.9 Å². The lowest BCUT2D eigenvalue weighted by molar-refractivity contribution is -0.402. The summed E-state index contributed by atoms with van der Waals surface area (Å²) in [6, 6.07) is 13.9. The second kappa shape index (κ2) is 8.19. The number of furan rings is 1. The van der Waals surface area contributed by atoms with Crippen LogP contribution in [0.1, 0.15) is 10.6 Å². The number of piperazine rings is 1. The predicted octanol–water partition coefficient (Wildman–Crippen LogP) is 2.62. The fraction of sp³-hybridized carbons (Fsp3) is 0.250. The van der Waals surface area contributed by atoms with Gasteiger partial charge in [-0.25, -0.2) is 0 Å². The van der Waals surface area contributed by atoms with E-state index in [1.165, 1.54) is 12.1 Å². The summed E-state index contributed by atoms with van der Waals surface area (Å²) in [6.45, 7) is 2.06. The first-order chi connectivity index (χ1) is 14.5. The number of hydrogen-bond acceptors (Lipinski definition) is 8. The molecule has 2 aromatic heterocycles. The number of anilines is 1. The van der Waals surface area contributed by atoms with Gasteiger partial charge in [-0.15, -0.1) is 10.2 Å². The van der Waals surface area contributed by atoms with E-state index in [1.54, 1.807) is 12.0 Å². The molecule has 1 fully saturated rings. The third-order valence-electron chi connectivity index (χ3n) is 4.91. The standard InChI is InChI=1S/C20H19N5O5/c1-29-15-4-2-14(3-5-15)16-6-8-18(22-21-16)23-10-12-24(13-11-23)20(26)17-7-9-19(30-17)25(27)28/h2-9H,10-13H2,1H3. The molecule has 4 rings (SSSR count). The van der Waals surface area contributed by atoms with Gasteiger partial charge in [0.05, 0.1) is 18.9 Å². The van der Waals surface area contributed by atoms with Gasteiger partial charge >= 0.3 is 5.88 Å². The summed E-state index contributed by atoms with van der Waals surface area (Å²) in [4.78, 5) is 26.2. The second-order valence-electron chi connectivity index (χ2n) is 6.68. The molecule has 0 unspecified atom stereocenters. The summed E-state index contributed by atoms with van der Waals surface area (Å²) >= 11 is 0. The maximum Gasteiger partial charge on any atom is 0.433 e. The van der Waals surface area contributed by atoms with E-state index in [2.05, 4.69) is 10.2 Å². The average Bonchev–Trinajstić information content (AvgIpc) is 3.30. The molecule has 1 aliphatic heterocycles. The minimum atomic E-state index is -0.664. The minimum Gasteiger partial charge on any atom is -0.497 e. The first-order valence-electron chi connectivity index (χ1n) is 9.32. The molecule has 1 saturated heterocycles. The van der Waals surface area contributed by atoms with Gasteiger partial charge in [-0.05, 0) is 42.5 Å². The van der Waals surface area contributed by atoms with Gasteiger partial charge in [0.15, 0.2) is 11.6 Å². The molecule has 0 bridgehead atoms. The second-order valence-corrected chi connectivity index (χ2v) is 6.68. The zero-order valence-corrected chi connectivity index (χ0v) is 16.2. The van der Waals surface area contributed by atoms with Crippen molar-refractivity contribution in [2.75, 3.05) is 38.2 Å². The maximum absolute atomic E-state index is 12.5. The van der Waals surface area contributed by atoms with Gasteiger partial charge < -0.3 is 19.0 Å². The van der Waals surface area contributed by atoms with Gasteiger partial charge in [-0.2, -0.15) is 0 Å². The lowest BCUT2D eigenvalue weighted by Crippen LogP contribution is -2.49. The number of methoxy groups -OCH3 is 1.